The molecular weight excluding hydrogens is 172 g/mol. The highest BCUT2D eigenvalue weighted by Gasteiger charge is 2.16. The van der Waals surface area contributed by atoms with Crippen LogP contribution in [0.3, 0.4) is 0 Å². The third kappa shape index (κ3) is 10.0. The summed E-state index contributed by atoms with van der Waals surface area (Å²) in [6, 6.07) is 0. The third-order valence-corrected chi connectivity index (χ3v) is 2.46. The van der Waals surface area contributed by atoms with Crippen molar-refractivity contribution in [1.82, 2.24) is 0 Å². The lowest BCUT2D eigenvalue weighted by Gasteiger charge is -2.23. The first kappa shape index (κ1) is 14.0. The van der Waals surface area contributed by atoms with Crippen LogP contribution in [0.4, 0.5) is 0 Å². The molecule has 0 fully saturated rings. The van der Waals surface area contributed by atoms with Crippen molar-refractivity contribution in [3.8, 4) is 0 Å². The summed E-state index contributed by atoms with van der Waals surface area (Å²) >= 11 is 0. The molecule has 86 valence electrons. The van der Waals surface area contributed by atoms with Crippen LogP contribution >= 0.6 is 0 Å². The van der Waals surface area contributed by atoms with Gasteiger partial charge in [0.25, 0.3) is 0 Å². The zero-order valence-electron chi connectivity index (χ0n) is 10.9. The Bertz CT molecular complexity index is 130. The Balaban J connectivity index is 3.62. The zero-order valence-corrected chi connectivity index (χ0v) is 10.9. The van der Waals surface area contributed by atoms with Crippen molar-refractivity contribution < 1.29 is 5.11 Å². The predicted molar refractivity (Wildman–Crippen MR) is 63.4 cm³/mol. The summed E-state index contributed by atoms with van der Waals surface area (Å²) in [6.07, 6.45) is 4.00. The van der Waals surface area contributed by atoms with Gasteiger partial charge in [-0.25, -0.2) is 0 Å². The van der Waals surface area contributed by atoms with E-state index in [4.69, 9.17) is 0 Å². The molecule has 1 N–H and O–H groups in total. The fraction of sp³-hybridized carbons (Fsp3) is 1.00. The highest BCUT2D eigenvalue weighted by atomic mass is 16.3. The average Bonchev–Trinajstić information content (AvgIpc) is 1.94. The smallest absolute Gasteiger partial charge is 0.0540 e. The first-order valence-electron chi connectivity index (χ1n) is 5.78. The topological polar surface area (TPSA) is 20.2 Å². The van der Waals surface area contributed by atoms with Gasteiger partial charge in [-0.15, -0.1) is 0 Å². The number of rotatable bonds is 4. The van der Waals surface area contributed by atoms with Crippen LogP contribution in [-0.4, -0.2) is 11.2 Å². The molecular formula is C13H28O. The second kappa shape index (κ2) is 5.16. The number of aliphatic hydroxyl groups is 1. The Hall–Kier alpha value is -0.0400. The molecule has 1 heteroatoms. The first-order valence-corrected chi connectivity index (χ1v) is 5.78. The minimum atomic E-state index is -0.103. The fourth-order valence-electron chi connectivity index (χ4n) is 1.34. The van der Waals surface area contributed by atoms with Crippen LogP contribution in [0.5, 0.6) is 0 Å². The largest absolute Gasteiger partial charge is 0.393 e. The highest BCUT2D eigenvalue weighted by molar-refractivity contribution is 4.69. The molecule has 0 bridgehead atoms. The molecule has 0 spiro atoms. The van der Waals surface area contributed by atoms with E-state index < -0.39 is 0 Å². The van der Waals surface area contributed by atoms with Crippen LogP contribution in [0, 0.1) is 10.8 Å². The normalized spacial score (nSPS) is 13.7. The maximum atomic E-state index is 9.78. The van der Waals surface area contributed by atoms with Gasteiger partial charge in [-0.2, -0.15) is 0 Å². The van der Waals surface area contributed by atoms with Crippen LogP contribution in [-0.2, 0) is 0 Å². The van der Waals surface area contributed by atoms with Crippen molar-refractivity contribution in [2.45, 2.75) is 73.3 Å². The molecule has 14 heavy (non-hydrogen) atoms. The molecule has 0 radical (unpaired) electrons. The molecule has 0 rings (SSSR count). The van der Waals surface area contributed by atoms with Gasteiger partial charge in [-0.1, -0.05) is 41.5 Å². The molecule has 0 atom stereocenters. The van der Waals surface area contributed by atoms with Gasteiger partial charge in [0, 0.05) is 0 Å². The summed E-state index contributed by atoms with van der Waals surface area (Å²) in [5, 5.41) is 9.78. The van der Waals surface area contributed by atoms with Crippen LogP contribution in [0.1, 0.15) is 67.2 Å². The van der Waals surface area contributed by atoms with Crippen molar-refractivity contribution in [1.29, 1.82) is 0 Å². The third-order valence-electron chi connectivity index (χ3n) is 2.46. The van der Waals surface area contributed by atoms with Gasteiger partial charge < -0.3 is 5.11 Å². The molecule has 0 aromatic heterocycles. The number of hydrogen-bond donors (Lipinski definition) is 1. The predicted octanol–water partition coefficient (Wildman–Crippen LogP) is 4.00. The van der Waals surface area contributed by atoms with Gasteiger partial charge in [0.2, 0.25) is 0 Å². The van der Waals surface area contributed by atoms with E-state index in [0.717, 1.165) is 25.7 Å². The zero-order chi connectivity index (χ0) is 11.4. The van der Waals surface area contributed by atoms with E-state index in [1.54, 1.807) is 0 Å². The molecule has 0 saturated heterocycles. The lowest BCUT2D eigenvalue weighted by atomic mass is 9.85. The molecule has 0 aromatic rings. The molecule has 0 amide bonds. The summed E-state index contributed by atoms with van der Waals surface area (Å²) in [6.45, 7) is 13.4. The Morgan fingerprint density at radius 3 is 1.29 bits per heavy atom. The molecule has 0 saturated carbocycles. The summed E-state index contributed by atoms with van der Waals surface area (Å²) in [5.74, 6) is 0. The Labute approximate surface area is 89.9 Å². The van der Waals surface area contributed by atoms with E-state index in [-0.39, 0.29) is 6.10 Å². The van der Waals surface area contributed by atoms with Gasteiger partial charge >= 0.3 is 0 Å². The Morgan fingerprint density at radius 1 is 0.786 bits per heavy atom. The summed E-state index contributed by atoms with van der Waals surface area (Å²) in [4.78, 5) is 0. The quantitative estimate of drug-likeness (QED) is 0.727. The fourth-order valence-corrected chi connectivity index (χ4v) is 1.34. The molecule has 0 heterocycles. The SMILES string of the molecule is CC(C)(C)CCC(O)CCC(C)(C)C. The second-order valence-electron chi connectivity index (χ2n) is 6.85. The summed E-state index contributed by atoms with van der Waals surface area (Å²) in [7, 11) is 0. The maximum absolute atomic E-state index is 9.78. The lowest BCUT2D eigenvalue weighted by Crippen LogP contribution is -2.15. The number of aliphatic hydroxyl groups excluding tert-OH is 1. The molecule has 1 nitrogen and oxygen atoms in total. The van der Waals surface area contributed by atoms with Crippen molar-refractivity contribution in [3.05, 3.63) is 0 Å². The molecule has 0 aliphatic rings. The van der Waals surface area contributed by atoms with E-state index >= 15 is 0 Å². The van der Waals surface area contributed by atoms with Crippen LogP contribution in [0.2, 0.25) is 0 Å². The Kier molecular flexibility index (Phi) is 5.14. The van der Waals surface area contributed by atoms with Crippen molar-refractivity contribution >= 4 is 0 Å². The molecule has 0 aromatic carbocycles. The number of hydrogen-bond acceptors (Lipinski definition) is 1. The van der Waals surface area contributed by atoms with Gasteiger partial charge in [0.05, 0.1) is 6.10 Å². The van der Waals surface area contributed by atoms with Gasteiger partial charge in [-0.05, 0) is 36.5 Å². The van der Waals surface area contributed by atoms with Crippen molar-refractivity contribution in [2.75, 3.05) is 0 Å². The molecule has 0 aliphatic heterocycles. The summed E-state index contributed by atoms with van der Waals surface area (Å²) in [5.41, 5.74) is 0.700. The van der Waals surface area contributed by atoms with Crippen molar-refractivity contribution in [3.63, 3.8) is 0 Å². The minimum Gasteiger partial charge on any atom is -0.393 e. The van der Waals surface area contributed by atoms with Crippen molar-refractivity contribution in [2.24, 2.45) is 10.8 Å². The van der Waals surface area contributed by atoms with E-state index in [1.807, 2.05) is 0 Å². The Morgan fingerprint density at radius 2 is 1.07 bits per heavy atom. The standard InChI is InChI=1S/C13H28O/c1-12(2,3)9-7-11(14)8-10-13(4,5)6/h11,14H,7-10H2,1-6H3. The highest BCUT2D eigenvalue weighted by Crippen LogP contribution is 2.26. The summed E-state index contributed by atoms with van der Waals surface area (Å²) < 4.78 is 0. The average molecular weight is 200 g/mol. The van der Waals surface area contributed by atoms with Gasteiger partial charge in [0.15, 0.2) is 0 Å². The van der Waals surface area contributed by atoms with Gasteiger partial charge in [0.1, 0.15) is 0 Å². The van der Waals surface area contributed by atoms with Crippen LogP contribution in [0.15, 0.2) is 0 Å². The second-order valence-corrected chi connectivity index (χ2v) is 6.85. The molecule has 0 unspecified atom stereocenters. The monoisotopic (exact) mass is 200 g/mol. The van der Waals surface area contributed by atoms with Gasteiger partial charge in [-0.3, -0.25) is 0 Å². The van der Waals surface area contributed by atoms with E-state index in [2.05, 4.69) is 41.5 Å². The minimum absolute atomic E-state index is 0.103. The van der Waals surface area contributed by atoms with Crippen LogP contribution in [0.25, 0.3) is 0 Å². The van der Waals surface area contributed by atoms with Crippen LogP contribution < -0.4 is 0 Å². The first-order chi connectivity index (χ1) is 6.10. The van der Waals surface area contributed by atoms with E-state index in [9.17, 15) is 5.11 Å². The maximum Gasteiger partial charge on any atom is 0.0540 e. The van der Waals surface area contributed by atoms with E-state index in [0.29, 0.717) is 10.8 Å². The molecule has 0 aliphatic carbocycles. The van der Waals surface area contributed by atoms with E-state index in [1.165, 1.54) is 0 Å². The lowest BCUT2D eigenvalue weighted by molar-refractivity contribution is 0.122.